The van der Waals surface area contributed by atoms with E-state index in [2.05, 4.69) is 5.32 Å². The fourth-order valence-corrected chi connectivity index (χ4v) is 4.41. The van der Waals surface area contributed by atoms with Crippen LogP contribution in [-0.2, 0) is 9.59 Å². The molecule has 2 aliphatic rings. The number of carbonyl (C=O) groups is 3. The number of nitrogens with zero attached hydrogens (tertiary/aromatic N) is 1. The number of hydrogen-bond donors (Lipinski definition) is 2. The van der Waals surface area contributed by atoms with Gasteiger partial charge >= 0.3 is 5.97 Å². The SMILES string of the molecule is O=C(O)c1ccc(NC(=O)C2CSCN2C(=O)C2CCCC2)c(F)c1. The minimum atomic E-state index is -1.24. The van der Waals surface area contributed by atoms with Crippen LogP contribution in [0.2, 0.25) is 0 Å². The highest BCUT2D eigenvalue weighted by Gasteiger charge is 2.38. The number of thioether (sulfide) groups is 1. The molecule has 8 heteroatoms. The molecule has 134 valence electrons. The Hall–Kier alpha value is -2.09. The molecule has 1 aliphatic heterocycles. The molecule has 1 unspecified atom stereocenters. The lowest BCUT2D eigenvalue weighted by atomic mass is 10.1. The predicted octanol–water partition coefficient (Wildman–Crippen LogP) is 2.55. The number of nitrogens with one attached hydrogen (secondary N) is 1. The Morgan fingerprint density at radius 1 is 1.24 bits per heavy atom. The van der Waals surface area contributed by atoms with E-state index in [1.54, 1.807) is 4.90 Å². The molecule has 2 N–H and O–H groups in total. The number of hydrogen-bond acceptors (Lipinski definition) is 4. The van der Waals surface area contributed by atoms with Crippen LogP contribution in [0.1, 0.15) is 36.0 Å². The number of amides is 2. The Bertz CT molecular complexity index is 706. The van der Waals surface area contributed by atoms with Crippen molar-refractivity contribution in [3.63, 3.8) is 0 Å². The normalized spacial score (nSPS) is 20.7. The Morgan fingerprint density at radius 3 is 2.60 bits per heavy atom. The van der Waals surface area contributed by atoms with Crippen molar-refractivity contribution in [2.45, 2.75) is 31.7 Å². The molecule has 1 aliphatic carbocycles. The average Bonchev–Trinajstić information content (AvgIpc) is 3.27. The summed E-state index contributed by atoms with van der Waals surface area (Å²) >= 11 is 1.50. The largest absolute Gasteiger partial charge is 0.478 e. The van der Waals surface area contributed by atoms with Crippen molar-refractivity contribution < 1.29 is 23.9 Å². The van der Waals surface area contributed by atoms with E-state index in [9.17, 15) is 18.8 Å². The topological polar surface area (TPSA) is 86.7 Å². The van der Waals surface area contributed by atoms with Gasteiger partial charge in [-0.2, -0.15) is 0 Å². The van der Waals surface area contributed by atoms with Crippen molar-refractivity contribution in [1.29, 1.82) is 0 Å². The quantitative estimate of drug-likeness (QED) is 0.855. The van der Waals surface area contributed by atoms with E-state index < -0.39 is 23.7 Å². The molecular formula is C17H19FN2O4S. The van der Waals surface area contributed by atoms with Crippen molar-refractivity contribution in [2.24, 2.45) is 5.92 Å². The molecule has 0 radical (unpaired) electrons. The zero-order valence-electron chi connectivity index (χ0n) is 13.5. The average molecular weight is 366 g/mol. The van der Waals surface area contributed by atoms with Gasteiger partial charge < -0.3 is 15.3 Å². The van der Waals surface area contributed by atoms with Gasteiger partial charge in [0.15, 0.2) is 0 Å². The Morgan fingerprint density at radius 2 is 1.96 bits per heavy atom. The Labute approximate surface area is 148 Å². The van der Waals surface area contributed by atoms with Crippen LogP contribution in [0, 0.1) is 11.7 Å². The minimum Gasteiger partial charge on any atom is -0.478 e. The number of halogens is 1. The van der Waals surface area contributed by atoms with E-state index in [-0.39, 0.29) is 23.1 Å². The van der Waals surface area contributed by atoms with E-state index in [0.29, 0.717) is 11.6 Å². The maximum Gasteiger partial charge on any atom is 0.335 e. The van der Waals surface area contributed by atoms with Gasteiger partial charge in [0.1, 0.15) is 11.9 Å². The lowest BCUT2D eigenvalue weighted by Gasteiger charge is -2.25. The van der Waals surface area contributed by atoms with E-state index in [4.69, 9.17) is 5.11 Å². The van der Waals surface area contributed by atoms with Crippen molar-refractivity contribution >= 4 is 35.2 Å². The van der Waals surface area contributed by atoms with Crippen molar-refractivity contribution in [3.05, 3.63) is 29.6 Å². The second kappa shape index (κ2) is 7.43. The Balaban J connectivity index is 1.69. The lowest BCUT2D eigenvalue weighted by Crippen LogP contribution is -2.46. The number of anilines is 1. The molecule has 3 rings (SSSR count). The summed E-state index contributed by atoms with van der Waals surface area (Å²) in [7, 11) is 0. The van der Waals surface area contributed by atoms with E-state index in [1.165, 1.54) is 23.9 Å². The summed E-state index contributed by atoms with van der Waals surface area (Å²) in [6.07, 6.45) is 3.80. The first-order chi connectivity index (χ1) is 12.0. The number of benzene rings is 1. The Kier molecular flexibility index (Phi) is 5.27. The molecular weight excluding hydrogens is 347 g/mol. The number of carboxylic acids is 1. The van der Waals surface area contributed by atoms with Crippen LogP contribution in [-0.4, -0.2) is 45.5 Å². The molecule has 1 atom stereocenters. The van der Waals surface area contributed by atoms with E-state index in [0.717, 1.165) is 31.7 Å². The molecule has 2 fully saturated rings. The lowest BCUT2D eigenvalue weighted by molar-refractivity contribution is -0.139. The molecule has 1 aromatic carbocycles. The molecule has 0 aromatic heterocycles. The second-order valence-electron chi connectivity index (χ2n) is 6.29. The monoisotopic (exact) mass is 366 g/mol. The third kappa shape index (κ3) is 3.78. The maximum absolute atomic E-state index is 14.0. The summed E-state index contributed by atoms with van der Waals surface area (Å²) in [6.45, 7) is 0. The molecule has 1 aromatic rings. The number of carbonyl (C=O) groups excluding carboxylic acids is 2. The molecule has 0 spiro atoms. The molecule has 1 saturated carbocycles. The second-order valence-corrected chi connectivity index (χ2v) is 7.29. The highest BCUT2D eigenvalue weighted by atomic mass is 32.2. The van der Waals surface area contributed by atoms with Gasteiger partial charge in [0.25, 0.3) is 0 Å². The maximum atomic E-state index is 14.0. The van der Waals surface area contributed by atoms with Gasteiger partial charge in [0.05, 0.1) is 17.1 Å². The molecule has 6 nitrogen and oxygen atoms in total. The molecule has 25 heavy (non-hydrogen) atoms. The zero-order chi connectivity index (χ0) is 18.0. The van der Waals surface area contributed by atoms with Gasteiger partial charge in [0.2, 0.25) is 11.8 Å². The van der Waals surface area contributed by atoms with Crippen LogP contribution in [0.5, 0.6) is 0 Å². The fourth-order valence-electron chi connectivity index (χ4n) is 3.25. The first-order valence-electron chi connectivity index (χ1n) is 8.19. The van der Waals surface area contributed by atoms with Crippen LogP contribution in [0.15, 0.2) is 18.2 Å². The fraction of sp³-hybridized carbons (Fsp3) is 0.471. The highest BCUT2D eigenvalue weighted by Crippen LogP contribution is 2.31. The number of aromatic carboxylic acids is 1. The predicted molar refractivity (Wildman–Crippen MR) is 91.9 cm³/mol. The van der Waals surface area contributed by atoms with Gasteiger partial charge in [-0.05, 0) is 31.0 Å². The van der Waals surface area contributed by atoms with Crippen molar-refractivity contribution in [2.75, 3.05) is 16.9 Å². The molecule has 1 saturated heterocycles. The van der Waals surface area contributed by atoms with Crippen LogP contribution in [0.3, 0.4) is 0 Å². The van der Waals surface area contributed by atoms with Crippen LogP contribution in [0.25, 0.3) is 0 Å². The highest BCUT2D eigenvalue weighted by molar-refractivity contribution is 7.99. The summed E-state index contributed by atoms with van der Waals surface area (Å²) in [5.74, 6) is -1.57. The van der Waals surface area contributed by atoms with E-state index >= 15 is 0 Å². The van der Waals surface area contributed by atoms with Crippen molar-refractivity contribution in [1.82, 2.24) is 4.90 Å². The van der Waals surface area contributed by atoms with E-state index in [1.807, 2.05) is 0 Å². The van der Waals surface area contributed by atoms with Crippen LogP contribution >= 0.6 is 11.8 Å². The summed E-state index contributed by atoms with van der Waals surface area (Å²) < 4.78 is 14.0. The van der Waals surface area contributed by atoms with Gasteiger partial charge in [-0.3, -0.25) is 9.59 Å². The smallest absolute Gasteiger partial charge is 0.335 e. The van der Waals surface area contributed by atoms with Gasteiger partial charge in [-0.15, -0.1) is 11.8 Å². The van der Waals surface area contributed by atoms with Crippen LogP contribution in [0.4, 0.5) is 10.1 Å². The number of rotatable bonds is 4. The number of carboxylic acid groups (broad SMARTS) is 1. The summed E-state index contributed by atoms with van der Waals surface area (Å²) in [6, 6.07) is 2.69. The molecule has 0 bridgehead atoms. The zero-order valence-corrected chi connectivity index (χ0v) is 14.4. The third-order valence-corrected chi connectivity index (χ3v) is 5.66. The summed E-state index contributed by atoms with van der Waals surface area (Å²) in [5, 5.41) is 11.3. The molecule has 1 heterocycles. The third-order valence-electron chi connectivity index (χ3n) is 4.65. The first kappa shape index (κ1) is 17.7. The van der Waals surface area contributed by atoms with Crippen LogP contribution < -0.4 is 5.32 Å². The minimum absolute atomic E-state index is 0.00403. The van der Waals surface area contributed by atoms with Gasteiger partial charge in [-0.1, -0.05) is 12.8 Å². The van der Waals surface area contributed by atoms with Crippen molar-refractivity contribution in [3.8, 4) is 0 Å². The van der Waals surface area contributed by atoms with Gasteiger partial charge in [0, 0.05) is 11.7 Å². The summed E-state index contributed by atoms with van der Waals surface area (Å²) in [5.41, 5.74) is -0.273. The standard InChI is InChI=1S/C17H19FN2O4S/c18-12-7-11(17(23)24)5-6-13(12)19-15(21)14-8-25-9-20(14)16(22)10-3-1-2-4-10/h5-7,10,14H,1-4,8-9H2,(H,19,21)(H,23,24). The van der Waals surface area contributed by atoms with Gasteiger partial charge in [-0.25, -0.2) is 9.18 Å². The summed E-state index contributed by atoms with van der Waals surface area (Å²) in [4.78, 5) is 37.5. The molecule has 2 amide bonds. The first-order valence-corrected chi connectivity index (χ1v) is 9.35.